The molecule has 0 unspecified atom stereocenters. The molecule has 0 aromatic carbocycles. The van der Waals surface area contributed by atoms with Crippen LogP contribution in [-0.4, -0.2) is 0 Å². The molecule has 0 saturated heterocycles. The summed E-state index contributed by atoms with van der Waals surface area (Å²) >= 11 is 0. The van der Waals surface area contributed by atoms with Crippen molar-refractivity contribution in [3.05, 3.63) is 26.3 Å². The van der Waals surface area contributed by atoms with Crippen molar-refractivity contribution in [2.24, 2.45) is 0 Å². The summed E-state index contributed by atoms with van der Waals surface area (Å²) in [6.07, 6.45) is 0. The van der Waals surface area contributed by atoms with Crippen LogP contribution in [0.1, 0.15) is 4.28 Å². The van der Waals surface area contributed by atoms with E-state index in [1.54, 1.807) is 0 Å². The minimum Gasteiger partial charge on any atom is -1.00 e. The van der Waals surface area contributed by atoms with Gasteiger partial charge in [0.1, 0.15) is 0 Å². The summed E-state index contributed by atoms with van der Waals surface area (Å²) in [7, 11) is 0. The Balaban J connectivity index is -0.000000000970. The first kappa shape index (κ1) is 69.9. The maximum Gasteiger partial charge on any atom is 2.00 e. The van der Waals surface area contributed by atoms with Gasteiger partial charge >= 0.3 is 277 Å². The summed E-state index contributed by atoms with van der Waals surface area (Å²) in [5, 5.41) is 25.0. The van der Waals surface area contributed by atoms with Crippen LogP contribution in [-0.2, 0) is 20.4 Å². The van der Waals surface area contributed by atoms with Gasteiger partial charge in [-0.05, 0) is 0 Å². The van der Waals surface area contributed by atoms with Crippen LogP contribution in [0, 0.1) is 47.3 Å². The Labute approximate surface area is 317 Å². The van der Waals surface area contributed by atoms with Gasteiger partial charge in [0.15, 0.2) is 0 Å². The predicted molar refractivity (Wildman–Crippen MR) is 23.2 cm³/mol. The Bertz CT molecular complexity index is 80.1. The van der Waals surface area contributed by atoms with Crippen LogP contribution in [0.25, 0.3) is 0 Å². The van der Waals surface area contributed by atoms with Gasteiger partial charge in [0.25, 0.3) is 0 Å². The van der Waals surface area contributed by atoms with Crippen molar-refractivity contribution in [3.63, 3.8) is 0 Å². The standard InChI is InChI=1S/4CN.5K.Pd.3H/c4*1-2;;;;;;;;;/q4*-1;5*+1;+2;3*-1. The number of hydrogen-bond acceptors (Lipinski definition) is 4. The second kappa shape index (κ2) is 151. The SMILES string of the molecule is [C-]#N.[C-]#N.[C-]#N.[C-]#N.[H-].[H-].[H-].[K+].[K+].[K+].[K+].[K+].[Pd+2]. The van der Waals surface area contributed by atoms with Gasteiger partial charge in [0.2, 0.25) is 0 Å². The van der Waals surface area contributed by atoms with Crippen LogP contribution in [0.2, 0.25) is 0 Å². The predicted octanol–water partition coefficient (Wildman–Crippen LogP) is -14.3. The molecule has 14 heavy (non-hydrogen) atoms. The molecule has 0 rings (SSSR count). The van der Waals surface area contributed by atoms with Gasteiger partial charge in [0.05, 0.1) is 0 Å². The third-order valence-corrected chi connectivity index (χ3v) is 0. The van der Waals surface area contributed by atoms with Gasteiger partial charge in [-0.15, -0.1) is 0 Å². The largest absolute Gasteiger partial charge is 2.00 e. The van der Waals surface area contributed by atoms with E-state index < -0.39 is 0 Å². The molecule has 0 bridgehead atoms. The van der Waals surface area contributed by atoms with Crippen LogP contribution in [0.4, 0.5) is 0 Å². The molecule has 0 heterocycles. The molecule has 0 fully saturated rings. The third kappa shape index (κ3) is 129. The number of hydrogen-bond donors (Lipinski definition) is 0. The molecular weight excluding hydrogens is 406 g/mol. The Morgan fingerprint density at radius 3 is 0.429 bits per heavy atom. The zero-order chi connectivity index (χ0) is 8.00. The van der Waals surface area contributed by atoms with Crippen LogP contribution in [0.3, 0.4) is 0 Å². The van der Waals surface area contributed by atoms with E-state index in [0.29, 0.717) is 0 Å². The Morgan fingerprint density at radius 2 is 0.429 bits per heavy atom. The molecule has 54 valence electrons. The molecule has 0 atom stereocenters. The zero-order valence-corrected chi connectivity index (χ0v) is 26.3. The van der Waals surface area contributed by atoms with Gasteiger partial charge in [-0.3, -0.25) is 0 Å². The minimum atomic E-state index is 0. The third-order valence-electron chi connectivity index (χ3n) is 0. The average Bonchev–Trinajstić information content (AvgIpc) is 2.03. The van der Waals surface area contributed by atoms with Crippen molar-refractivity contribution in [1.29, 1.82) is 21.0 Å². The van der Waals surface area contributed by atoms with Crippen molar-refractivity contribution in [1.82, 2.24) is 0 Å². The van der Waals surface area contributed by atoms with Crippen LogP contribution < -0.4 is 257 Å². The smallest absolute Gasteiger partial charge is 1.00 e. The van der Waals surface area contributed by atoms with E-state index in [-0.39, 0.29) is 282 Å². The first-order valence-electron chi connectivity index (χ1n) is 0.894. The summed E-state index contributed by atoms with van der Waals surface area (Å²) < 4.78 is 0. The van der Waals surface area contributed by atoms with Crippen molar-refractivity contribution in [2.75, 3.05) is 0 Å². The van der Waals surface area contributed by atoms with Gasteiger partial charge in [-0.1, -0.05) is 0 Å². The number of nitrogens with zero attached hydrogens (tertiary/aromatic N) is 4. The first-order valence-corrected chi connectivity index (χ1v) is 0.894. The molecule has 0 spiro atoms. The molecule has 0 N–H and O–H groups in total. The van der Waals surface area contributed by atoms with Crippen LogP contribution in [0.15, 0.2) is 0 Å². The van der Waals surface area contributed by atoms with Crippen molar-refractivity contribution < 1.29 is 282 Å². The van der Waals surface area contributed by atoms with Crippen LogP contribution in [0.5, 0.6) is 0 Å². The molecule has 0 radical (unpaired) electrons. The maximum atomic E-state index is 6.25. The van der Waals surface area contributed by atoms with E-state index in [1.165, 1.54) is 0 Å². The second-order valence-corrected chi connectivity index (χ2v) is 0. The molecular formula is C4H3K5N4Pd. The normalized spacial score (nSPS) is 0.571. The summed E-state index contributed by atoms with van der Waals surface area (Å²) in [6, 6.07) is 0. The second-order valence-electron chi connectivity index (χ2n) is 0. The molecule has 0 saturated carbocycles. The minimum absolute atomic E-state index is 0. The monoisotopic (exact) mass is 408 g/mol. The molecule has 4 nitrogen and oxygen atoms in total. The molecule has 10 heteroatoms. The molecule has 0 amide bonds. The molecule has 0 aliphatic rings. The van der Waals surface area contributed by atoms with E-state index in [1.807, 2.05) is 0 Å². The summed E-state index contributed by atoms with van der Waals surface area (Å²) in [4.78, 5) is 0. The van der Waals surface area contributed by atoms with E-state index in [2.05, 4.69) is 0 Å². The number of rotatable bonds is 0. The zero-order valence-electron chi connectivity index (χ0n) is 12.1. The quantitative estimate of drug-likeness (QED) is 0.294. The van der Waals surface area contributed by atoms with Gasteiger partial charge in [-0.2, -0.15) is 0 Å². The van der Waals surface area contributed by atoms with Crippen LogP contribution >= 0.6 is 0 Å². The van der Waals surface area contributed by atoms with Gasteiger partial charge in [0, 0.05) is 0 Å². The van der Waals surface area contributed by atoms with Crippen molar-refractivity contribution in [2.45, 2.75) is 0 Å². The Morgan fingerprint density at radius 1 is 0.429 bits per heavy atom. The molecule has 0 aliphatic carbocycles. The molecule has 0 aliphatic heterocycles. The topological polar surface area (TPSA) is 95.2 Å². The fourth-order valence-corrected chi connectivity index (χ4v) is 0. The molecule has 0 aromatic heterocycles. The fraction of sp³-hybridized carbons (Fsp3) is 0. The summed E-state index contributed by atoms with van der Waals surface area (Å²) in [6.45, 7) is 19.0. The van der Waals surface area contributed by atoms with E-state index in [9.17, 15) is 0 Å². The van der Waals surface area contributed by atoms with Gasteiger partial charge in [-0.25, -0.2) is 0 Å². The Hall–Kier alpha value is 6.80. The van der Waals surface area contributed by atoms with Crippen molar-refractivity contribution >= 4 is 0 Å². The fourth-order valence-electron chi connectivity index (χ4n) is 0. The summed E-state index contributed by atoms with van der Waals surface area (Å²) in [5.74, 6) is 0. The molecule has 0 aromatic rings. The first-order chi connectivity index (χ1) is 4.00. The van der Waals surface area contributed by atoms with E-state index >= 15 is 0 Å². The average molecular weight is 409 g/mol. The van der Waals surface area contributed by atoms with Crippen molar-refractivity contribution in [3.8, 4) is 0 Å². The summed E-state index contributed by atoms with van der Waals surface area (Å²) in [5.41, 5.74) is 0. The van der Waals surface area contributed by atoms with Gasteiger partial charge < -0.3 is 51.6 Å². The Kier molecular flexibility index (Phi) is 755. The van der Waals surface area contributed by atoms with E-state index in [4.69, 9.17) is 47.3 Å². The maximum absolute atomic E-state index is 6.25. The van der Waals surface area contributed by atoms with E-state index in [0.717, 1.165) is 0 Å².